The molecule has 0 radical (unpaired) electrons. The topological polar surface area (TPSA) is 67.9 Å². The highest BCUT2D eigenvalue weighted by atomic mass is 32.2. The van der Waals surface area contributed by atoms with Crippen LogP contribution in [0.15, 0.2) is 53.4 Å². The van der Waals surface area contributed by atoms with Crippen LogP contribution in [0.3, 0.4) is 0 Å². The number of thioether (sulfide) groups is 1. The largest absolute Gasteiger partial charge is 0.497 e. The predicted octanol–water partition coefficient (Wildman–Crippen LogP) is 4.42. The standard InChI is InChI=1S/C22H22N2O4S2/c1-4-14(2)28-18-9-5-15(6-10-18)13-19-21(26)24(22(29)30-19)23-20(25)16-7-11-17(27-3)12-8-16/h5-14H,4H2,1-3H3,(H,23,25)/b19-13+/t14-/m1/s1. The molecule has 8 heteroatoms. The van der Waals surface area contributed by atoms with Crippen molar-refractivity contribution in [3.8, 4) is 11.5 Å². The first-order valence-corrected chi connectivity index (χ1v) is 10.6. The van der Waals surface area contributed by atoms with Gasteiger partial charge in [-0.15, -0.1) is 0 Å². The van der Waals surface area contributed by atoms with Crippen LogP contribution in [0.5, 0.6) is 11.5 Å². The van der Waals surface area contributed by atoms with Gasteiger partial charge in [0.1, 0.15) is 11.5 Å². The number of hydrogen-bond donors (Lipinski definition) is 1. The second-order valence-electron chi connectivity index (χ2n) is 6.59. The van der Waals surface area contributed by atoms with Crippen LogP contribution in [0.4, 0.5) is 0 Å². The molecule has 1 N–H and O–H groups in total. The lowest BCUT2D eigenvalue weighted by atomic mass is 10.2. The lowest BCUT2D eigenvalue weighted by Crippen LogP contribution is -2.44. The van der Waals surface area contributed by atoms with E-state index in [1.807, 2.05) is 31.2 Å². The zero-order valence-corrected chi connectivity index (χ0v) is 18.5. The second kappa shape index (κ2) is 9.77. The van der Waals surface area contributed by atoms with E-state index < -0.39 is 5.91 Å². The molecule has 30 heavy (non-hydrogen) atoms. The van der Waals surface area contributed by atoms with Crippen LogP contribution in [-0.4, -0.2) is 34.4 Å². The molecule has 1 aliphatic rings. The number of hydrogen-bond acceptors (Lipinski definition) is 6. The highest BCUT2D eigenvalue weighted by Crippen LogP contribution is 2.32. The van der Waals surface area contributed by atoms with E-state index in [1.54, 1.807) is 37.5 Å². The van der Waals surface area contributed by atoms with Crippen LogP contribution in [0.1, 0.15) is 36.2 Å². The Morgan fingerprint density at radius 3 is 2.40 bits per heavy atom. The first kappa shape index (κ1) is 21.9. The van der Waals surface area contributed by atoms with Crippen LogP contribution in [0, 0.1) is 0 Å². The molecule has 0 aliphatic carbocycles. The van der Waals surface area contributed by atoms with Crippen LogP contribution >= 0.6 is 24.0 Å². The molecule has 0 aromatic heterocycles. The Labute approximate surface area is 185 Å². The van der Waals surface area contributed by atoms with Crippen molar-refractivity contribution in [2.45, 2.75) is 26.4 Å². The molecule has 0 bridgehead atoms. The Morgan fingerprint density at radius 1 is 1.17 bits per heavy atom. The molecule has 1 aliphatic heterocycles. The number of amides is 2. The average Bonchev–Trinajstić information content (AvgIpc) is 3.02. The molecule has 1 heterocycles. The van der Waals surface area contributed by atoms with Gasteiger partial charge in [-0.25, -0.2) is 0 Å². The number of nitrogens with one attached hydrogen (secondary N) is 1. The van der Waals surface area contributed by atoms with Gasteiger partial charge in [0.25, 0.3) is 11.8 Å². The maximum atomic E-state index is 12.7. The average molecular weight is 443 g/mol. The SMILES string of the molecule is CC[C@@H](C)Oc1ccc(/C=C2/SC(=S)N(NC(=O)c3ccc(OC)cc3)C2=O)cc1. The van der Waals surface area contributed by atoms with E-state index in [9.17, 15) is 9.59 Å². The van der Waals surface area contributed by atoms with E-state index in [4.69, 9.17) is 21.7 Å². The molecule has 0 spiro atoms. The Kier molecular flexibility index (Phi) is 7.12. The van der Waals surface area contributed by atoms with Crippen LogP contribution < -0.4 is 14.9 Å². The fourth-order valence-electron chi connectivity index (χ4n) is 2.58. The van der Waals surface area contributed by atoms with E-state index in [-0.39, 0.29) is 16.3 Å². The first-order chi connectivity index (χ1) is 14.4. The molecule has 6 nitrogen and oxygen atoms in total. The van der Waals surface area contributed by atoms with Gasteiger partial charge in [-0.05, 0) is 73.6 Å². The van der Waals surface area contributed by atoms with E-state index in [0.717, 1.165) is 34.5 Å². The fourth-order valence-corrected chi connectivity index (χ4v) is 3.76. The van der Waals surface area contributed by atoms with Crippen molar-refractivity contribution >= 4 is 46.2 Å². The highest BCUT2D eigenvalue weighted by Gasteiger charge is 2.33. The second-order valence-corrected chi connectivity index (χ2v) is 8.27. The molecule has 156 valence electrons. The summed E-state index contributed by atoms with van der Waals surface area (Å²) in [5.74, 6) is 0.620. The maximum Gasteiger partial charge on any atom is 0.285 e. The van der Waals surface area contributed by atoms with E-state index >= 15 is 0 Å². The van der Waals surface area contributed by atoms with Gasteiger partial charge in [0.15, 0.2) is 4.32 Å². The predicted molar refractivity (Wildman–Crippen MR) is 122 cm³/mol. The number of methoxy groups -OCH3 is 1. The Bertz CT molecular complexity index is 972. The number of rotatable bonds is 7. The number of benzene rings is 2. The van der Waals surface area contributed by atoms with Crippen molar-refractivity contribution in [3.05, 3.63) is 64.6 Å². The highest BCUT2D eigenvalue weighted by molar-refractivity contribution is 8.26. The maximum absolute atomic E-state index is 12.7. The van der Waals surface area contributed by atoms with Gasteiger partial charge in [-0.1, -0.05) is 30.8 Å². The molecule has 1 fully saturated rings. The summed E-state index contributed by atoms with van der Waals surface area (Å²) in [5, 5.41) is 1.10. The third-order valence-corrected chi connectivity index (χ3v) is 5.75. The Morgan fingerprint density at radius 2 is 1.80 bits per heavy atom. The molecule has 1 atom stereocenters. The Hall–Kier alpha value is -2.84. The van der Waals surface area contributed by atoms with Gasteiger partial charge >= 0.3 is 0 Å². The molecule has 0 saturated carbocycles. The van der Waals surface area contributed by atoms with Gasteiger partial charge in [-0.3, -0.25) is 15.0 Å². The summed E-state index contributed by atoms with van der Waals surface area (Å²) in [6.45, 7) is 4.08. The van der Waals surface area contributed by atoms with Gasteiger partial charge in [0.05, 0.1) is 18.1 Å². The van der Waals surface area contributed by atoms with Crippen molar-refractivity contribution < 1.29 is 19.1 Å². The summed E-state index contributed by atoms with van der Waals surface area (Å²) in [7, 11) is 1.55. The third-order valence-electron chi connectivity index (χ3n) is 4.45. The van der Waals surface area contributed by atoms with E-state index in [1.165, 1.54) is 0 Å². The van der Waals surface area contributed by atoms with Gasteiger partial charge in [0, 0.05) is 5.56 Å². The van der Waals surface area contributed by atoms with Gasteiger partial charge in [-0.2, -0.15) is 5.01 Å². The van der Waals surface area contributed by atoms with Crippen LogP contribution in [0.2, 0.25) is 0 Å². The van der Waals surface area contributed by atoms with Crippen molar-refractivity contribution in [1.82, 2.24) is 10.4 Å². The number of carbonyl (C=O) groups excluding carboxylic acids is 2. The molecule has 2 aromatic carbocycles. The summed E-state index contributed by atoms with van der Waals surface area (Å²) in [6, 6.07) is 14.1. The molecule has 2 amide bonds. The van der Waals surface area contributed by atoms with Crippen molar-refractivity contribution in [1.29, 1.82) is 0 Å². The summed E-state index contributed by atoms with van der Waals surface area (Å²) in [4.78, 5) is 25.6. The first-order valence-electron chi connectivity index (χ1n) is 9.41. The molecular weight excluding hydrogens is 420 g/mol. The molecule has 3 rings (SSSR count). The van der Waals surface area contributed by atoms with Crippen LogP contribution in [-0.2, 0) is 4.79 Å². The Balaban J connectivity index is 1.68. The lowest BCUT2D eigenvalue weighted by molar-refractivity contribution is -0.123. The minimum atomic E-state index is -0.429. The van der Waals surface area contributed by atoms with E-state index in [0.29, 0.717) is 16.2 Å². The lowest BCUT2D eigenvalue weighted by Gasteiger charge is -2.15. The number of thiocarbonyl (C=S) groups is 1. The summed E-state index contributed by atoms with van der Waals surface area (Å²) in [6.07, 6.45) is 2.81. The minimum Gasteiger partial charge on any atom is -0.497 e. The molecule has 2 aromatic rings. The summed E-state index contributed by atoms with van der Waals surface area (Å²) < 4.78 is 11.1. The zero-order chi connectivity index (χ0) is 21.7. The molecular formula is C22H22N2O4S2. The van der Waals surface area contributed by atoms with Crippen molar-refractivity contribution in [3.63, 3.8) is 0 Å². The zero-order valence-electron chi connectivity index (χ0n) is 16.9. The smallest absolute Gasteiger partial charge is 0.285 e. The molecule has 0 unspecified atom stereocenters. The monoisotopic (exact) mass is 442 g/mol. The molecule has 1 saturated heterocycles. The van der Waals surface area contributed by atoms with Crippen molar-refractivity contribution in [2.75, 3.05) is 7.11 Å². The quantitative estimate of drug-likeness (QED) is 0.506. The van der Waals surface area contributed by atoms with Crippen molar-refractivity contribution in [2.24, 2.45) is 0 Å². The van der Waals surface area contributed by atoms with Gasteiger partial charge < -0.3 is 9.47 Å². The number of nitrogens with zero attached hydrogens (tertiary/aromatic N) is 1. The summed E-state index contributed by atoms with van der Waals surface area (Å²) in [5.41, 5.74) is 3.80. The van der Waals surface area contributed by atoms with E-state index in [2.05, 4.69) is 12.3 Å². The summed E-state index contributed by atoms with van der Waals surface area (Å²) >= 11 is 6.41. The normalized spacial score (nSPS) is 16.0. The van der Waals surface area contributed by atoms with Gasteiger partial charge in [0.2, 0.25) is 0 Å². The number of ether oxygens (including phenoxy) is 2. The third kappa shape index (κ3) is 5.20. The van der Waals surface area contributed by atoms with Crippen LogP contribution in [0.25, 0.3) is 6.08 Å². The number of carbonyl (C=O) groups is 2. The minimum absolute atomic E-state index is 0.140. The fraction of sp³-hybridized carbons (Fsp3) is 0.227. The number of hydrazine groups is 1.